The normalized spacial score (nSPS) is 15.2. The molecular weight excluding hydrogens is 348 g/mol. The average molecular weight is 377 g/mol. The largest absolute Gasteiger partial charge is 0.381 e. The summed E-state index contributed by atoms with van der Waals surface area (Å²) in [5.74, 6) is 0. The fourth-order valence-corrected chi connectivity index (χ4v) is 3.80. The van der Waals surface area contributed by atoms with E-state index in [2.05, 4.69) is 75.7 Å². The van der Waals surface area contributed by atoms with Crippen LogP contribution in [-0.2, 0) is 6.54 Å². The van der Waals surface area contributed by atoms with Gasteiger partial charge in [0, 0.05) is 35.9 Å². The molecule has 1 fully saturated rings. The Kier molecular flexibility index (Phi) is 5.41. The Labute approximate surface area is 166 Å². The average Bonchev–Trinajstić information content (AvgIpc) is 3.12. The van der Waals surface area contributed by atoms with Crippen LogP contribution in [0, 0.1) is 0 Å². The van der Waals surface area contributed by atoms with Crippen LogP contribution in [0.25, 0.3) is 27.7 Å². The number of pyridine rings is 1. The number of benzene rings is 1. The molecule has 2 aromatic heterocycles. The molecule has 1 aromatic carbocycles. The maximum absolute atomic E-state index is 4.53. The Morgan fingerprint density at radius 3 is 2.79 bits per heavy atom. The van der Waals surface area contributed by atoms with Crippen molar-refractivity contribution in [2.75, 3.05) is 27.2 Å². The number of hydrogen-bond acceptors (Lipinski definition) is 5. The number of H-pyrrole nitrogens is 1. The lowest BCUT2D eigenvalue weighted by molar-refractivity contribution is 0.402. The topological polar surface area (TPSA) is 68.9 Å². The van der Waals surface area contributed by atoms with Gasteiger partial charge in [-0.3, -0.25) is 10.1 Å². The fourth-order valence-electron chi connectivity index (χ4n) is 3.80. The van der Waals surface area contributed by atoms with Crippen LogP contribution in [0.1, 0.15) is 24.1 Å². The summed E-state index contributed by atoms with van der Waals surface area (Å²) < 4.78 is 0. The molecule has 1 saturated heterocycles. The van der Waals surface area contributed by atoms with Gasteiger partial charge in [-0.1, -0.05) is 12.6 Å². The Morgan fingerprint density at radius 2 is 2.00 bits per heavy atom. The minimum absolute atomic E-state index is 0.454. The minimum Gasteiger partial charge on any atom is -0.381 e. The van der Waals surface area contributed by atoms with Crippen molar-refractivity contribution < 1.29 is 0 Å². The Hall–Kier alpha value is -2.70. The van der Waals surface area contributed by atoms with Gasteiger partial charge in [-0.25, -0.2) is 0 Å². The molecule has 0 amide bonds. The molecule has 3 heterocycles. The van der Waals surface area contributed by atoms with E-state index in [1.54, 1.807) is 0 Å². The molecule has 3 N–H and O–H groups in total. The summed E-state index contributed by atoms with van der Waals surface area (Å²) in [4.78, 5) is 6.58. The molecule has 0 atom stereocenters. The lowest BCUT2D eigenvalue weighted by atomic mass is 10.0. The summed E-state index contributed by atoms with van der Waals surface area (Å²) in [5, 5.41) is 15.7. The first-order valence-corrected chi connectivity index (χ1v) is 9.84. The van der Waals surface area contributed by atoms with Gasteiger partial charge >= 0.3 is 0 Å². The molecule has 28 heavy (non-hydrogen) atoms. The van der Waals surface area contributed by atoms with E-state index in [1.165, 1.54) is 5.56 Å². The molecule has 1 aliphatic heterocycles. The molecule has 6 nitrogen and oxygen atoms in total. The van der Waals surface area contributed by atoms with Crippen LogP contribution in [0.2, 0.25) is 0 Å². The third kappa shape index (κ3) is 4.08. The quantitative estimate of drug-likeness (QED) is 0.617. The smallest absolute Gasteiger partial charge is 0.115 e. The summed E-state index contributed by atoms with van der Waals surface area (Å²) >= 11 is 0. The van der Waals surface area contributed by atoms with Gasteiger partial charge in [0.25, 0.3) is 0 Å². The molecule has 1 aliphatic rings. The molecule has 3 aromatic rings. The van der Waals surface area contributed by atoms with Crippen molar-refractivity contribution in [3.63, 3.8) is 0 Å². The first-order chi connectivity index (χ1) is 13.6. The van der Waals surface area contributed by atoms with E-state index in [1.807, 2.05) is 12.4 Å². The van der Waals surface area contributed by atoms with Gasteiger partial charge in [0.2, 0.25) is 0 Å². The van der Waals surface area contributed by atoms with E-state index in [-0.39, 0.29) is 0 Å². The number of fused-ring (bicyclic) bond motifs is 1. The van der Waals surface area contributed by atoms with Crippen LogP contribution in [0.4, 0.5) is 0 Å². The molecule has 0 unspecified atom stereocenters. The van der Waals surface area contributed by atoms with Crippen molar-refractivity contribution in [1.82, 2.24) is 30.7 Å². The van der Waals surface area contributed by atoms with E-state index < -0.39 is 0 Å². The molecule has 0 aliphatic carbocycles. The van der Waals surface area contributed by atoms with Crippen LogP contribution < -0.4 is 10.6 Å². The van der Waals surface area contributed by atoms with Crippen LogP contribution >= 0.6 is 0 Å². The summed E-state index contributed by atoms with van der Waals surface area (Å²) in [5.41, 5.74) is 6.25. The highest BCUT2D eigenvalue weighted by molar-refractivity contribution is 5.92. The maximum Gasteiger partial charge on any atom is 0.115 e. The second kappa shape index (κ2) is 8.12. The Bertz CT molecular complexity index is 968. The summed E-state index contributed by atoms with van der Waals surface area (Å²) in [6, 6.07) is 9.03. The number of aromatic amines is 1. The predicted molar refractivity (Wildman–Crippen MR) is 115 cm³/mol. The molecule has 4 rings (SSSR count). The number of hydrogen-bond donors (Lipinski definition) is 3. The van der Waals surface area contributed by atoms with Crippen molar-refractivity contribution in [1.29, 1.82) is 0 Å². The number of aromatic nitrogens is 3. The van der Waals surface area contributed by atoms with Gasteiger partial charge in [0.15, 0.2) is 0 Å². The highest BCUT2D eigenvalue weighted by Crippen LogP contribution is 2.28. The Balaban J connectivity index is 1.62. The zero-order valence-corrected chi connectivity index (χ0v) is 16.6. The van der Waals surface area contributed by atoms with E-state index in [4.69, 9.17) is 0 Å². The molecular formula is C22H28N6. The van der Waals surface area contributed by atoms with Crippen LogP contribution in [0.3, 0.4) is 0 Å². The van der Waals surface area contributed by atoms with Gasteiger partial charge in [0.1, 0.15) is 5.69 Å². The highest BCUT2D eigenvalue weighted by atomic mass is 15.1. The van der Waals surface area contributed by atoms with E-state index >= 15 is 0 Å². The molecule has 0 spiro atoms. The zero-order valence-electron chi connectivity index (χ0n) is 16.6. The van der Waals surface area contributed by atoms with Crippen molar-refractivity contribution in [2.45, 2.75) is 25.4 Å². The molecule has 0 radical (unpaired) electrons. The fraction of sp³-hybridized carbons (Fsp3) is 0.364. The molecule has 146 valence electrons. The standard InChI is InChI=1S/C22H28N6/c1-15(25-19-6-8-23-9-7-19)22-20-11-17(4-5-21(20)26-27-22)18-10-16(12-24-13-18)14-28(2)3/h4-5,10-13,19,23,25H,1,6-9,14H2,2-3H3,(H,26,27). The number of piperidine rings is 1. The van der Waals surface area contributed by atoms with Crippen molar-refractivity contribution >= 4 is 16.6 Å². The van der Waals surface area contributed by atoms with Gasteiger partial charge in [-0.2, -0.15) is 5.10 Å². The third-order valence-electron chi connectivity index (χ3n) is 5.19. The first-order valence-electron chi connectivity index (χ1n) is 9.84. The molecule has 0 saturated carbocycles. The first kappa shape index (κ1) is 18.7. The number of nitrogens with zero attached hydrogens (tertiary/aromatic N) is 3. The Morgan fingerprint density at radius 1 is 1.18 bits per heavy atom. The van der Waals surface area contributed by atoms with Crippen LogP contribution in [-0.4, -0.2) is 53.3 Å². The second-order valence-electron chi connectivity index (χ2n) is 7.80. The highest BCUT2D eigenvalue weighted by Gasteiger charge is 2.16. The van der Waals surface area contributed by atoms with Gasteiger partial charge in [-0.15, -0.1) is 0 Å². The van der Waals surface area contributed by atoms with Gasteiger partial charge in [0.05, 0.1) is 11.2 Å². The van der Waals surface area contributed by atoms with E-state index in [0.29, 0.717) is 6.04 Å². The lowest BCUT2D eigenvalue weighted by Crippen LogP contribution is -2.39. The summed E-state index contributed by atoms with van der Waals surface area (Å²) in [7, 11) is 4.13. The molecule has 0 bridgehead atoms. The number of rotatable bonds is 6. The lowest BCUT2D eigenvalue weighted by Gasteiger charge is -2.25. The number of nitrogens with one attached hydrogen (secondary N) is 3. The van der Waals surface area contributed by atoms with Crippen molar-refractivity contribution in [3.8, 4) is 11.1 Å². The monoisotopic (exact) mass is 376 g/mol. The molecule has 6 heteroatoms. The zero-order chi connectivity index (χ0) is 19.5. The van der Waals surface area contributed by atoms with Gasteiger partial charge < -0.3 is 15.5 Å². The SMILES string of the molecule is C=C(NC1CCNCC1)c1n[nH]c2ccc(-c3cncc(CN(C)C)c3)cc12. The third-order valence-corrected chi connectivity index (χ3v) is 5.19. The van der Waals surface area contributed by atoms with Crippen molar-refractivity contribution in [2.24, 2.45) is 0 Å². The second-order valence-corrected chi connectivity index (χ2v) is 7.80. The summed E-state index contributed by atoms with van der Waals surface area (Å²) in [6.45, 7) is 7.23. The van der Waals surface area contributed by atoms with Crippen LogP contribution in [0.5, 0.6) is 0 Å². The van der Waals surface area contributed by atoms with E-state index in [9.17, 15) is 0 Å². The maximum atomic E-state index is 4.53. The van der Waals surface area contributed by atoms with Crippen molar-refractivity contribution in [3.05, 3.63) is 54.5 Å². The minimum atomic E-state index is 0.454. The van der Waals surface area contributed by atoms with E-state index in [0.717, 1.165) is 65.9 Å². The van der Waals surface area contributed by atoms with Gasteiger partial charge in [-0.05, 0) is 69.4 Å². The summed E-state index contributed by atoms with van der Waals surface area (Å²) in [6.07, 6.45) is 6.06. The predicted octanol–water partition coefficient (Wildman–Crippen LogP) is 3.00. The van der Waals surface area contributed by atoms with Crippen LogP contribution in [0.15, 0.2) is 43.2 Å².